The highest BCUT2D eigenvalue weighted by molar-refractivity contribution is 7.47. The maximum Gasteiger partial charge on any atom is 0.472 e. The zero-order valence-electron chi connectivity index (χ0n) is 37.3. The van der Waals surface area contributed by atoms with Crippen LogP contribution in [0.4, 0.5) is 0 Å². The number of hydrogen-bond donors (Lipinski definition) is 5. The summed E-state index contributed by atoms with van der Waals surface area (Å²) in [6.07, 6.45) is 43.3. The monoisotopic (exact) mass is 916 g/mol. The maximum atomic E-state index is 12.7. The summed E-state index contributed by atoms with van der Waals surface area (Å²) < 4.78 is 47.6. The highest BCUT2D eigenvalue weighted by atomic mass is 31.2. The third-order valence-corrected chi connectivity index (χ3v) is 10.3. The molecule has 0 amide bonds. The van der Waals surface area contributed by atoms with E-state index >= 15 is 0 Å². The highest BCUT2D eigenvalue weighted by Gasteiger charge is 2.28. The number of hydrogen-bond acceptors (Lipinski definition) is 11. The van der Waals surface area contributed by atoms with Crippen LogP contribution in [0.15, 0.2) is 85.1 Å². The lowest BCUT2D eigenvalue weighted by Gasteiger charge is -2.20. The summed E-state index contributed by atoms with van der Waals surface area (Å²) in [5.41, 5.74) is 0. The van der Waals surface area contributed by atoms with Crippen LogP contribution in [0.2, 0.25) is 0 Å². The second-order valence-corrected chi connectivity index (χ2v) is 17.5. The number of allylic oxidation sites excluding steroid dienone is 13. The number of phosphoric ester groups is 2. The second kappa shape index (κ2) is 41.0. The number of aliphatic hydroxyl groups is 2. The highest BCUT2D eigenvalue weighted by Crippen LogP contribution is 2.43. The van der Waals surface area contributed by atoms with Crippen LogP contribution in [-0.4, -0.2) is 81.6 Å². The second-order valence-electron chi connectivity index (χ2n) is 14.8. The Balaban J connectivity index is 4.79. The third kappa shape index (κ3) is 43.9. The van der Waals surface area contributed by atoms with Gasteiger partial charge in [0, 0.05) is 12.8 Å². The molecule has 0 rings (SSSR count). The molecule has 0 aliphatic heterocycles. The van der Waals surface area contributed by atoms with Gasteiger partial charge in [-0.05, 0) is 77.0 Å². The van der Waals surface area contributed by atoms with E-state index in [0.29, 0.717) is 25.7 Å². The smallest absolute Gasteiger partial charge is 0.462 e. The van der Waals surface area contributed by atoms with Gasteiger partial charge >= 0.3 is 27.6 Å². The molecule has 0 bridgehead atoms. The first kappa shape index (κ1) is 59.3. The van der Waals surface area contributed by atoms with Crippen molar-refractivity contribution in [1.82, 2.24) is 0 Å². The topological polar surface area (TPSA) is 216 Å². The predicted molar refractivity (Wildman–Crippen MR) is 245 cm³/mol. The minimum absolute atomic E-state index is 0.0151. The van der Waals surface area contributed by atoms with Crippen molar-refractivity contribution in [1.29, 1.82) is 0 Å². The van der Waals surface area contributed by atoms with E-state index in [4.69, 9.17) is 23.8 Å². The first-order valence-electron chi connectivity index (χ1n) is 22.4. The fourth-order valence-corrected chi connectivity index (χ4v) is 6.56. The summed E-state index contributed by atoms with van der Waals surface area (Å²) in [6, 6.07) is 0. The Kier molecular flexibility index (Phi) is 39.2. The predicted octanol–water partition coefficient (Wildman–Crippen LogP) is 10.5. The zero-order valence-corrected chi connectivity index (χ0v) is 39.1. The Morgan fingerprint density at radius 2 is 1.02 bits per heavy atom. The van der Waals surface area contributed by atoms with E-state index < -0.39 is 72.3 Å². The van der Waals surface area contributed by atoms with E-state index in [-0.39, 0.29) is 12.8 Å². The number of phosphoric acid groups is 2. The average molecular weight is 917 g/mol. The van der Waals surface area contributed by atoms with Crippen molar-refractivity contribution in [2.24, 2.45) is 0 Å². The van der Waals surface area contributed by atoms with E-state index in [0.717, 1.165) is 38.5 Å². The summed E-state index contributed by atoms with van der Waals surface area (Å²) in [4.78, 5) is 52.7. The van der Waals surface area contributed by atoms with Crippen LogP contribution in [-0.2, 0) is 41.8 Å². The summed E-state index contributed by atoms with van der Waals surface area (Å²) >= 11 is 0. The van der Waals surface area contributed by atoms with Gasteiger partial charge in [-0.15, -0.1) is 0 Å². The summed E-state index contributed by atoms with van der Waals surface area (Å²) in [5, 5.41) is 20.0. The van der Waals surface area contributed by atoms with Crippen LogP contribution in [0.1, 0.15) is 149 Å². The van der Waals surface area contributed by atoms with E-state index in [1.807, 2.05) is 24.3 Å². The Labute approximate surface area is 371 Å². The number of unbranched alkanes of at least 4 members (excludes halogenated alkanes) is 10. The molecule has 0 heterocycles. The van der Waals surface area contributed by atoms with E-state index in [1.54, 1.807) is 12.2 Å². The molecule has 0 aliphatic rings. The van der Waals surface area contributed by atoms with Gasteiger partial charge in [-0.2, -0.15) is 0 Å². The number of ether oxygens (including phenoxy) is 2. The number of rotatable bonds is 41. The molecule has 0 saturated heterocycles. The summed E-state index contributed by atoms with van der Waals surface area (Å²) in [6.45, 7) is 1.44. The van der Waals surface area contributed by atoms with Crippen LogP contribution in [0, 0.1) is 0 Å². The van der Waals surface area contributed by atoms with Crippen LogP contribution >= 0.6 is 15.6 Å². The van der Waals surface area contributed by atoms with Gasteiger partial charge in [-0.25, -0.2) is 9.13 Å². The molecule has 4 atom stereocenters. The number of carbonyl (C=O) groups is 2. The van der Waals surface area contributed by atoms with E-state index in [1.165, 1.54) is 57.8 Å². The van der Waals surface area contributed by atoms with Crippen LogP contribution in [0.25, 0.3) is 0 Å². The Bertz CT molecular complexity index is 1430. The van der Waals surface area contributed by atoms with Crippen molar-refractivity contribution < 1.29 is 66.7 Å². The van der Waals surface area contributed by atoms with Crippen LogP contribution < -0.4 is 0 Å². The Hall–Kier alpha value is -2.74. The lowest BCUT2D eigenvalue weighted by atomic mass is 10.1. The molecule has 0 fully saturated rings. The minimum Gasteiger partial charge on any atom is -0.462 e. The normalized spacial score (nSPS) is 15.3. The molecule has 14 nitrogen and oxygen atoms in total. The minimum atomic E-state index is -4.89. The Morgan fingerprint density at radius 1 is 0.532 bits per heavy atom. The average Bonchev–Trinajstić information content (AvgIpc) is 3.22. The number of aliphatic hydroxyl groups excluding tert-OH is 2. The van der Waals surface area contributed by atoms with Gasteiger partial charge in [-0.1, -0.05) is 144 Å². The molecule has 0 aromatic carbocycles. The van der Waals surface area contributed by atoms with E-state index in [9.17, 15) is 33.8 Å². The van der Waals surface area contributed by atoms with Crippen molar-refractivity contribution >= 4 is 27.6 Å². The van der Waals surface area contributed by atoms with Gasteiger partial charge < -0.3 is 34.4 Å². The lowest BCUT2D eigenvalue weighted by Crippen LogP contribution is -2.30. The molecule has 0 aromatic heterocycles. The molecular formula is C46H78O14P2. The van der Waals surface area contributed by atoms with Gasteiger partial charge in [-0.3, -0.25) is 23.2 Å². The van der Waals surface area contributed by atoms with Crippen LogP contribution in [0.5, 0.6) is 0 Å². The molecule has 5 N–H and O–H groups in total. The molecule has 0 radical (unpaired) electrons. The summed E-state index contributed by atoms with van der Waals surface area (Å²) in [7, 11) is -9.76. The van der Waals surface area contributed by atoms with Crippen molar-refractivity contribution in [3.05, 3.63) is 85.1 Å². The first-order chi connectivity index (χ1) is 29.8. The van der Waals surface area contributed by atoms with Crippen LogP contribution in [0.3, 0.4) is 0 Å². The zero-order chi connectivity index (χ0) is 46.0. The number of esters is 2. The van der Waals surface area contributed by atoms with Gasteiger partial charge in [0.15, 0.2) is 6.10 Å². The van der Waals surface area contributed by atoms with Gasteiger partial charge in [0.1, 0.15) is 12.7 Å². The molecule has 356 valence electrons. The molecule has 62 heavy (non-hydrogen) atoms. The molecule has 16 heteroatoms. The third-order valence-electron chi connectivity index (χ3n) is 8.85. The summed E-state index contributed by atoms with van der Waals surface area (Å²) in [5.74, 6) is -1.30. The standard InChI is InChI=1S/C46H78O14P2/c1-3-5-7-9-11-13-15-17-18-19-20-22-24-26-28-30-32-36-46(50)60-44(41-59-62(54,55)58-39-43(48)38-57-61(51,52)53)40-56-45(49)37-33-35-42(47)34-31-29-27-25-23-21-16-14-12-10-8-6-4-2/h12,14,17-18,20-23,26-29,31,34,42-44,47-48H,3-11,13,15-16,19,24-25,30,32-33,35-41H2,1-2H3,(H,54,55)(H2,51,52,53)/b14-12-,18-17-,22-20-,23-21-,28-26-,29-27-,34-31+/t42-,43+,44-/m1/s1. The molecule has 0 aromatic rings. The van der Waals surface area contributed by atoms with Crippen molar-refractivity contribution in [3.63, 3.8) is 0 Å². The molecule has 0 spiro atoms. The molecule has 0 saturated carbocycles. The van der Waals surface area contributed by atoms with Crippen molar-refractivity contribution in [2.75, 3.05) is 26.4 Å². The quantitative estimate of drug-likeness (QED) is 0.0127. The van der Waals surface area contributed by atoms with Gasteiger partial charge in [0.25, 0.3) is 0 Å². The van der Waals surface area contributed by atoms with Gasteiger partial charge in [0.05, 0.1) is 25.9 Å². The molecular weight excluding hydrogens is 838 g/mol. The Morgan fingerprint density at radius 3 is 1.63 bits per heavy atom. The number of carbonyl (C=O) groups excluding carboxylic acids is 2. The van der Waals surface area contributed by atoms with E-state index in [2.05, 4.69) is 71.5 Å². The fourth-order valence-electron chi connectivity index (χ4n) is 5.41. The molecule has 1 unspecified atom stereocenters. The van der Waals surface area contributed by atoms with Crippen molar-refractivity contribution in [2.45, 2.75) is 167 Å². The lowest BCUT2D eigenvalue weighted by molar-refractivity contribution is -0.161. The van der Waals surface area contributed by atoms with Crippen molar-refractivity contribution in [3.8, 4) is 0 Å². The fraction of sp³-hybridized carbons (Fsp3) is 0.652. The first-order valence-corrected chi connectivity index (χ1v) is 25.4. The largest absolute Gasteiger partial charge is 0.472 e. The molecule has 0 aliphatic carbocycles. The maximum absolute atomic E-state index is 12.7. The van der Waals surface area contributed by atoms with Gasteiger partial charge in [0.2, 0.25) is 0 Å². The SMILES string of the molecule is CCCCC/C=C\C/C=C\C/C=C\C=C\[C@@H](O)CCCC(=O)OC[C@H](COP(=O)(O)OC[C@@H](O)COP(=O)(O)O)OC(=O)CCC/C=C\C/C=C\C/C=C\CCCCCCCC.